The highest BCUT2D eigenvalue weighted by molar-refractivity contribution is 5.97. The Labute approximate surface area is 117 Å². The van der Waals surface area contributed by atoms with Crippen molar-refractivity contribution in [2.75, 3.05) is 0 Å². The van der Waals surface area contributed by atoms with E-state index >= 15 is 0 Å². The SMILES string of the molecule is Cn1ccc(-c2c(C(C)(C)F)ccc3ccccc23)n1. The van der Waals surface area contributed by atoms with Crippen LogP contribution in [0.15, 0.2) is 48.7 Å². The highest BCUT2D eigenvalue weighted by Gasteiger charge is 2.25. The lowest BCUT2D eigenvalue weighted by Crippen LogP contribution is -2.11. The van der Waals surface area contributed by atoms with Gasteiger partial charge < -0.3 is 0 Å². The Balaban J connectivity index is 2.40. The number of nitrogens with zero attached hydrogens (tertiary/aromatic N) is 2. The molecule has 0 N–H and O–H groups in total. The molecule has 20 heavy (non-hydrogen) atoms. The van der Waals surface area contributed by atoms with Gasteiger partial charge in [0.2, 0.25) is 0 Å². The number of benzene rings is 2. The van der Waals surface area contributed by atoms with E-state index in [9.17, 15) is 4.39 Å². The Hall–Kier alpha value is -2.16. The number of alkyl halides is 1. The number of aromatic nitrogens is 2. The minimum atomic E-state index is -1.41. The molecule has 0 amide bonds. The minimum absolute atomic E-state index is 0.676. The van der Waals surface area contributed by atoms with Crippen LogP contribution in [0.25, 0.3) is 22.0 Å². The van der Waals surface area contributed by atoms with Crippen LogP contribution in [-0.4, -0.2) is 9.78 Å². The average molecular weight is 268 g/mol. The predicted molar refractivity (Wildman–Crippen MR) is 80.3 cm³/mol. The maximum atomic E-state index is 14.6. The first-order valence-corrected chi connectivity index (χ1v) is 6.68. The first-order valence-electron chi connectivity index (χ1n) is 6.68. The molecule has 0 radical (unpaired) electrons. The summed E-state index contributed by atoms with van der Waals surface area (Å²) in [6.07, 6.45) is 1.88. The van der Waals surface area contributed by atoms with Gasteiger partial charge in [0.15, 0.2) is 0 Å². The summed E-state index contributed by atoms with van der Waals surface area (Å²) < 4.78 is 16.3. The fourth-order valence-electron chi connectivity index (χ4n) is 2.59. The van der Waals surface area contributed by atoms with Crippen molar-refractivity contribution >= 4 is 10.8 Å². The van der Waals surface area contributed by atoms with Gasteiger partial charge in [-0.1, -0.05) is 36.4 Å². The second kappa shape index (κ2) is 4.44. The van der Waals surface area contributed by atoms with Gasteiger partial charge in [0, 0.05) is 18.8 Å². The third kappa shape index (κ3) is 2.09. The van der Waals surface area contributed by atoms with Crippen LogP contribution in [0.3, 0.4) is 0 Å². The van der Waals surface area contributed by atoms with Crippen LogP contribution < -0.4 is 0 Å². The van der Waals surface area contributed by atoms with E-state index in [0.29, 0.717) is 5.56 Å². The molecule has 3 rings (SSSR count). The average Bonchev–Trinajstić information content (AvgIpc) is 2.82. The summed E-state index contributed by atoms with van der Waals surface area (Å²) in [6.45, 7) is 3.17. The van der Waals surface area contributed by atoms with Gasteiger partial charge in [-0.3, -0.25) is 4.68 Å². The van der Waals surface area contributed by atoms with E-state index in [4.69, 9.17) is 0 Å². The topological polar surface area (TPSA) is 17.8 Å². The molecule has 0 saturated carbocycles. The lowest BCUT2D eigenvalue weighted by molar-refractivity contribution is 0.222. The Bertz CT molecular complexity index is 766. The lowest BCUT2D eigenvalue weighted by atomic mass is 9.89. The summed E-state index contributed by atoms with van der Waals surface area (Å²) in [4.78, 5) is 0. The summed E-state index contributed by atoms with van der Waals surface area (Å²) in [5.74, 6) is 0. The quantitative estimate of drug-likeness (QED) is 0.671. The Morgan fingerprint density at radius 2 is 1.80 bits per heavy atom. The molecule has 2 nitrogen and oxygen atoms in total. The molecule has 0 saturated heterocycles. The molecule has 0 atom stereocenters. The van der Waals surface area contributed by atoms with Crippen molar-refractivity contribution in [2.24, 2.45) is 7.05 Å². The van der Waals surface area contributed by atoms with Crippen LogP contribution in [-0.2, 0) is 12.7 Å². The van der Waals surface area contributed by atoms with E-state index in [0.717, 1.165) is 22.0 Å². The molecule has 0 aliphatic heterocycles. The molecule has 1 aromatic heterocycles. The third-order valence-electron chi connectivity index (χ3n) is 3.54. The van der Waals surface area contributed by atoms with Gasteiger partial charge in [-0.15, -0.1) is 0 Å². The van der Waals surface area contributed by atoms with Gasteiger partial charge in [-0.2, -0.15) is 5.10 Å². The van der Waals surface area contributed by atoms with E-state index < -0.39 is 5.67 Å². The van der Waals surface area contributed by atoms with Crippen LogP contribution in [0, 0.1) is 0 Å². The summed E-state index contributed by atoms with van der Waals surface area (Å²) in [5.41, 5.74) is 0.966. The molecule has 102 valence electrons. The van der Waals surface area contributed by atoms with E-state index in [1.165, 1.54) is 0 Å². The molecular weight excluding hydrogens is 251 g/mol. The largest absolute Gasteiger partial charge is 0.275 e. The highest BCUT2D eigenvalue weighted by atomic mass is 19.1. The number of hydrogen-bond donors (Lipinski definition) is 0. The van der Waals surface area contributed by atoms with E-state index in [2.05, 4.69) is 5.10 Å². The van der Waals surface area contributed by atoms with Crippen LogP contribution in [0.1, 0.15) is 19.4 Å². The zero-order chi connectivity index (χ0) is 14.3. The molecule has 1 heterocycles. The van der Waals surface area contributed by atoms with E-state index in [1.54, 1.807) is 18.5 Å². The normalized spacial score (nSPS) is 12.0. The summed E-state index contributed by atoms with van der Waals surface area (Å²) in [5, 5.41) is 6.59. The molecule has 0 fully saturated rings. The minimum Gasteiger partial charge on any atom is -0.275 e. The van der Waals surface area contributed by atoms with Gasteiger partial charge in [0.25, 0.3) is 0 Å². The van der Waals surface area contributed by atoms with Crippen molar-refractivity contribution in [1.29, 1.82) is 0 Å². The molecule has 0 unspecified atom stereocenters. The maximum absolute atomic E-state index is 14.6. The van der Waals surface area contributed by atoms with Crippen molar-refractivity contribution in [2.45, 2.75) is 19.5 Å². The first kappa shape index (κ1) is 12.9. The predicted octanol–water partition coefficient (Wildman–Crippen LogP) is 4.44. The zero-order valence-electron chi connectivity index (χ0n) is 11.9. The summed E-state index contributed by atoms with van der Waals surface area (Å²) in [6, 6.07) is 13.8. The van der Waals surface area contributed by atoms with Crippen LogP contribution in [0.2, 0.25) is 0 Å². The zero-order valence-corrected chi connectivity index (χ0v) is 11.9. The molecular formula is C17H17FN2. The number of fused-ring (bicyclic) bond motifs is 1. The molecule has 0 aliphatic rings. The van der Waals surface area contributed by atoms with Crippen molar-refractivity contribution in [1.82, 2.24) is 9.78 Å². The number of rotatable bonds is 2. The number of aryl methyl sites for hydroxylation is 1. The molecule has 3 heteroatoms. The third-order valence-corrected chi connectivity index (χ3v) is 3.54. The standard InChI is InChI=1S/C17H17FN2/c1-17(2,18)14-9-8-12-6-4-5-7-13(12)16(14)15-10-11-20(3)19-15/h4-11H,1-3H3. The van der Waals surface area contributed by atoms with Crippen LogP contribution >= 0.6 is 0 Å². The van der Waals surface area contributed by atoms with Crippen LogP contribution in [0.4, 0.5) is 4.39 Å². The van der Waals surface area contributed by atoms with Crippen molar-refractivity contribution in [3.8, 4) is 11.3 Å². The van der Waals surface area contributed by atoms with Crippen LogP contribution in [0.5, 0.6) is 0 Å². The second-order valence-corrected chi connectivity index (χ2v) is 5.56. The first-order chi connectivity index (χ1) is 9.47. The molecule has 0 bridgehead atoms. The van der Waals surface area contributed by atoms with Crippen molar-refractivity contribution in [3.05, 3.63) is 54.2 Å². The van der Waals surface area contributed by atoms with E-state index in [-0.39, 0.29) is 0 Å². The van der Waals surface area contributed by atoms with Crippen molar-refractivity contribution < 1.29 is 4.39 Å². The Kier molecular flexibility index (Phi) is 2.85. The summed E-state index contributed by atoms with van der Waals surface area (Å²) >= 11 is 0. The van der Waals surface area contributed by atoms with E-state index in [1.807, 2.05) is 55.7 Å². The maximum Gasteiger partial charge on any atom is 0.131 e. The van der Waals surface area contributed by atoms with Gasteiger partial charge in [-0.05, 0) is 36.2 Å². The fraction of sp³-hybridized carbons (Fsp3) is 0.235. The number of hydrogen-bond acceptors (Lipinski definition) is 1. The summed E-state index contributed by atoms with van der Waals surface area (Å²) in [7, 11) is 1.87. The highest BCUT2D eigenvalue weighted by Crippen LogP contribution is 2.38. The lowest BCUT2D eigenvalue weighted by Gasteiger charge is -2.20. The second-order valence-electron chi connectivity index (χ2n) is 5.56. The molecule has 3 aromatic rings. The Morgan fingerprint density at radius 3 is 2.45 bits per heavy atom. The van der Waals surface area contributed by atoms with Gasteiger partial charge in [0.05, 0.1) is 5.69 Å². The monoisotopic (exact) mass is 268 g/mol. The van der Waals surface area contributed by atoms with Gasteiger partial charge >= 0.3 is 0 Å². The van der Waals surface area contributed by atoms with Crippen molar-refractivity contribution in [3.63, 3.8) is 0 Å². The molecule has 0 spiro atoms. The molecule has 0 aliphatic carbocycles. The fourth-order valence-corrected chi connectivity index (χ4v) is 2.59. The van der Waals surface area contributed by atoms with Gasteiger partial charge in [-0.25, -0.2) is 4.39 Å². The smallest absolute Gasteiger partial charge is 0.131 e. The molecule has 2 aromatic carbocycles. The Morgan fingerprint density at radius 1 is 1.05 bits per heavy atom. The number of halogens is 1. The van der Waals surface area contributed by atoms with Gasteiger partial charge in [0.1, 0.15) is 5.67 Å².